The molecule has 0 rings (SSSR count). The summed E-state index contributed by atoms with van der Waals surface area (Å²) in [5.74, 6) is 0.318. The molecule has 0 fully saturated rings. The smallest absolute Gasteiger partial charge is 0.220 e. The van der Waals surface area contributed by atoms with Crippen LogP contribution in [0.2, 0.25) is 0 Å². The van der Waals surface area contributed by atoms with E-state index >= 15 is 0 Å². The topological polar surface area (TPSA) is 78.5 Å². The summed E-state index contributed by atoms with van der Waals surface area (Å²) < 4.78 is 0. The third kappa shape index (κ3) is 34.2. The van der Waals surface area contributed by atoms with Crippen molar-refractivity contribution in [1.82, 2.24) is 15.5 Å². The maximum absolute atomic E-state index is 13.1. The molecule has 0 aromatic rings. The van der Waals surface area contributed by atoms with Gasteiger partial charge in [-0.05, 0) is 98.7 Å². The second-order valence-electron chi connectivity index (χ2n) is 13.6. The number of carbonyl (C=O) groups excluding carboxylic acids is 3. The first-order valence-electron chi connectivity index (χ1n) is 19.7. The van der Waals surface area contributed by atoms with E-state index in [2.05, 4.69) is 67.8 Å². The first kappa shape index (κ1) is 45.5. The molecule has 0 heterocycles. The van der Waals surface area contributed by atoms with Gasteiger partial charge in [-0.3, -0.25) is 14.4 Å². The molecule has 0 aromatic carbocycles. The third-order valence-electron chi connectivity index (χ3n) is 8.63. The Bertz CT molecular complexity index is 748. The van der Waals surface area contributed by atoms with Crippen LogP contribution in [0.4, 0.5) is 0 Å². The second kappa shape index (κ2) is 35.8. The van der Waals surface area contributed by atoms with E-state index in [0.717, 1.165) is 109 Å². The van der Waals surface area contributed by atoms with Crippen molar-refractivity contribution in [2.24, 2.45) is 0 Å². The molecule has 0 aromatic heterocycles. The predicted molar refractivity (Wildman–Crippen MR) is 207 cm³/mol. The Hall–Kier alpha value is -1.52. The molecular formula is C40H76N3O3P. The molecular weight excluding hydrogens is 601 g/mol. The second-order valence-corrected chi connectivity index (χ2v) is 16.0. The summed E-state index contributed by atoms with van der Waals surface area (Å²) in [4.78, 5) is 39.5. The van der Waals surface area contributed by atoms with Gasteiger partial charge in [-0.25, -0.2) is 0 Å². The van der Waals surface area contributed by atoms with Crippen molar-refractivity contribution in [3.8, 4) is 0 Å². The van der Waals surface area contributed by atoms with Crippen LogP contribution in [-0.2, 0) is 14.4 Å². The fraction of sp³-hybridized carbons (Fsp3) is 0.825. The van der Waals surface area contributed by atoms with Gasteiger partial charge < -0.3 is 15.5 Å². The number of amides is 2. The lowest BCUT2D eigenvalue weighted by molar-refractivity contribution is -0.121. The lowest BCUT2D eigenvalue weighted by atomic mass is 10.1. The van der Waals surface area contributed by atoms with E-state index in [-0.39, 0.29) is 11.8 Å². The maximum atomic E-state index is 13.1. The van der Waals surface area contributed by atoms with Crippen LogP contribution in [0.5, 0.6) is 0 Å². The van der Waals surface area contributed by atoms with Gasteiger partial charge in [-0.1, -0.05) is 115 Å². The Labute approximate surface area is 292 Å². The van der Waals surface area contributed by atoms with Crippen molar-refractivity contribution in [1.29, 1.82) is 0 Å². The van der Waals surface area contributed by atoms with E-state index in [1.807, 2.05) is 0 Å². The molecule has 7 heteroatoms. The molecule has 0 atom stereocenters. The lowest BCUT2D eigenvalue weighted by Gasteiger charge is -2.17. The Morgan fingerprint density at radius 2 is 0.936 bits per heavy atom. The summed E-state index contributed by atoms with van der Waals surface area (Å²) in [6.45, 7) is 6.72. The highest BCUT2D eigenvalue weighted by molar-refractivity contribution is 7.74. The summed E-state index contributed by atoms with van der Waals surface area (Å²) in [6, 6.07) is 0. The van der Waals surface area contributed by atoms with Crippen LogP contribution >= 0.6 is 7.92 Å². The fourth-order valence-corrected chi connectivity index (χ4v) is 8.01. The molecule has 274 valence electrons. The Morgan fingerprint density at radius 1 is 0.511 bits per heavy atom. The summed E-state index contributed by atoms with van der Waals surface area (Å²) in [5, 5.41) is 6.02. The zero-order valence-electron chi connectivity index (χ0n) is 31.4. The normalized spacial score (nSPS) is 12.4. The average Bonchev–Trinajstić information content (AvgIpc) is 3.05. The van der Waals surface area contributed by atoms with Crippen molar-refractivity contribution in [2.75, 3.05) is 46.1 Å². The van der Waals surface area contributed by atoms with Gasteiger partial charge in [0.2, 0.25) is 11.8 Å². The van der Waals surface area contributed by atoms with Crippen LogP contribution in [0.1, 0.15) is 168 Å². The van der Waals surface area contributed by atoms with Crippen LogP contribution in [0.15, 0.2) is 24.3 Å². The van der Waals surface area contributed by atoms with E-state index in [1.165, 1.54) is 51.4 Å². The van der Waals surface area contributed by atoms with Gasteiger partial charge in [0.05, 0.1) is 0 Å². The van der Waals surface area contributed by atoms with Gasteiger partial charge in [0.25, 0.3) is 0 Å². The molecule has 0 unspecified atom stereocenters. The van der Waals surface area contributed by atoms with E-state index in [4.69, 9.17) is 0 Å². The standard InChI is InChI=1S/C40H76N3O3P/c1-5-7-9-11-13-19-25-33-41-38(44)30-23-17-15-21-27-36-47(40(46)32-29-35-43(3)4)37-28-22-16-18-24-31-39(45)42-34-26-20-14-12-10-8-6-2/h19-20,25-26H,5-18,21-24,27-37H2,1-4H3,(H,41,44)(H,42,45). The zero-order chi connectivity index (χ0) is 34.6. The maximum Gasteiger partial charge on any atom is 0.220 e. The van der Waals surface area contributed by atoms with Gasteiger partial charge in [0.15, 0.2) is 5.52 Å². The van der Waals surface area contributed by atoms with Gasteiger partial charge in [-0.15, -0.1) is 0 Å². The third-order valence-corrected chi connectivity index (χ3v) is 11.3. The number of carbonyl (C=O) groups is 3. The van der Waals surface area contributed by atoms with Crippen LogP contribution in [0.3, 0.4) is 0 Å². The van der Waals surface area contributed by atoms with Crippen molar-refractivity contribution in [3.05, 3.63) is 24.3 Å². The van der Waals surface area contributed by atoms with E-state index in [9.17, 15) is 14.4 Å². The van der Waals surface area contributed by atoms with Crippen molar-refractivity contribution in [3.63, 3.8) is 0 Å². The monoisotopic (exact) mass is 678 g/mol. The molecule has 0 radical (unpaired) electrons. The number of rotatable bonds is 35. The van der Waals surface area contributed by atoms with Crippen LogP contribution in [0, 0.1) is 0 Å². The van der Waals surface area contributed by atoms with Gasteiger partial charge in [0, 0.05) is 32.4 Å². The molecule has 2 N–H and O–H groups in total. The SMILES string of the molecule is CCCCCCC=CCNC(=O)CCCCCCCP(CCCCCCCC(=O)NCC=CCCCCCC)C(=O)CCCN(C)C. The van der Waals surface area contributed by atoms with Gasteiger partial charge >= 0.3 is 0 Å². The highest BCUT2D eigenvalue weighted by Gasteiger charge is 2.17. The van der Waals surface area contributed by atoms with Gasteiger partial charge in [0.1, 0.15) is 0 Å². The van der Waals surface area contributed by atoms with Crippen LogP contribution < -0.4 is 10.6 Å². The molecule has 0 saturated heterocycles. The highest BCUT2D eigenvalue weighted by Crippen LogP contribution is 2.40. The van der Waals surface area contributed by atoms with Gasteiger partial charge in [-0.2, -0.15) is 0 Å². The number of allylic oxidation sites excluding steroid dienone is 2. The van der Waals surface area contributed by atoms with Crippen molar-refractivity contribution in [2.45, 2.75) is 168 Å². The summed E-state index contributed by atoms with van der Waals surface area (Å²) in [5.41, 5.74) is 0.514. The first-order valence-corrected chi connectivity index (χ1v) is 21.4. The lowest BCUT2D eigenvalue weighted by Crippen LogP contribution is -2.22. The van der Waals surface area contributed by atoms with Crippen LogP contribution in [-0.4, -0.2) is 68.3 Å². The molecule has 0 aliphatic heterocycles. The molecule has 2 amide bonds. The van der Waals surface area contributed by atoms with E-state index in [1.54, 1.807) is 0 Å². The molecule has 0 bridgehead atoms. The summed E-state index contributed by atoms with van der Waals surface area (Å²) >= 11 is 0. The first-order chi connectivity index (χ1) is 22.9. The number of nitrogens with zero attached hydrogens (tertiary/aromatic N) is 1. The van der Waals surface area contributed by atoms with E-state index in [0.29, 0.717) is 31.5 Å². The highest BCUT2D eigenvalue weighted by atomic mass is 31.1. The number of hydrogen-bond acceptors (Lipinski definition) is 4. The molecule has 6 nitrogen and oxygen atoms in total. The summed E-state index contributed by atoms with van der Waals surface area (Å²) in [7, 11) is 3.59. The van der Waals surface area contributed by atoms with E-state index < -0.39 is 7.92 Å². The largest absolute Gasteiger partial charge is 0.353 e. The number of hydrogen-bond donors (Lipinski definition) is 2. The zero-order valence-corrected chi connectivity index (χ0v) is 32.3. The molecule has 0 aliphatic carbocycles. The minimum atomic E-state index is -0.551. The number of unbranched alkanes of at least 4 members (excludes halogenated alkanes) is 16. The van der Waals surface area contributed by atoms with Crippen LogP contribution in [0.25, 0.3) is 0 Å². The van der Waals surface area contributed by atoms with Crippen molar-refractivity contribution < 1.29 is 14.4 Å². The fourth-order valence-electron chi connectivity index (χ4n) is 5.61. The molecule has 47 heavy (non-hydrogen) atoms. The average molecular weight is 678 g/mol. The number of nitrogens with one attached hydrogen (secondary N) is 2. The molecule has 0 saturated carbocycles. The molecule has 0 aliphatic rings. The molecule has 0 spiro atoms. The predicted octanol–water partition coefficient (Wildman–Crippen LogP) is 10.3. The Morgan fingerprint density at radius 3 is 1.38 bits per heavy atom. The minimum Gasteiger partial charge on any atom is -0.353 e. The Balaban J connectivity index is 4.07. The summed E-state index contributed by atoms with van der Waals surface area (Å²) in [6.07, 6.45) is 37.0. The minimum absolute atomic E-state index is 0.159. The Kier molecular flexibility index (Phi) is 34.6. The van der Waals surface area contributed by atoms with Crippen molar-refractivity contribution >= 4 is 25.3 Å². The quantitative estimate of drug-likeness (QED) is 0.0398.